The van der Waals surface area contributed by atoms with E-state index in [0.29, 0.717) is 5.57 Å². The molecule has 1 fully saturated rings. The molecular formula is C15H19N3. The zero-order valence-corrected chi connectivity index (χ0v) is 10.8. The van der Waals surface area contributed by atoms with Gasteiger partial charge in [-0.1, -0.05) is 32.3 Å². The minimum absolute atomic E-state index is 0.0286. The standard InChI is InChI=1S/C15H19N3/c1-15(7-3-2-4-8-15)14(17)13(10-16)12-6-5-9-18-11-12/h5-6,9,11H,2-4,7-8,17H2,1H3/b14-13+. The number of rotatable bonds is 2. The summed E-state index contributed by atoms with van der Waals surface area (Å²) in [6.07, 6.45) is 9.23. The Labute approximate surface area is 108 Å². The van der Waals surface area contributed by atoms with Gasteiger partial charge in [-0.3, -0.25) is 4.98 Å². The summed E-state index contributed by atoms with van der Waals surface area (Å²) in [5.41, 5.74) is 8.42. The topological polar surface area (TPSA) is 62.7 Å². The molecule has 0 radical (unpaired) electrons. The maximum absolute atomic E-state index is 9.38. The van der Waals surface area contributed by atoms with Crippen LogP contribution >= 0.6 is 0 Å². The lowest BCUT2D eigenvalue weighted by molar-refractivity contribution is 0.266. The first-order chi connectivity index (χ1) is 8.67. The minimum atomic E-state index is -0.0286. The molecule has 0 saturated heterocycles. The van der Waals surface area contributed by atoms with Gasteiger partial charge in [0.25, 0.3) is 0 Å². The van der Waals surface area contributed by atoms with Crippen molar-refractivity contribution in [1.29, 1.82) is 5.26 Å². The number of aromatic nitrogens is 1. The fraction of sp³-hybridized carbons (Fsp3) is 0.467. The molecule has 1 aromatic rings. The Morgan fingerprint density at radius 1 is 1.39 bits per heavy atom. The van der Waals surface area contributed by atoms with Crippen molar-refractivity contribution in [2.24, 2.45) is 11.1 Å². The van der Waals surface area contributed by atoms with Gasteiger partial charge in [0.1, 0.15) is 6.07 Å². The molecule has 0 atom stereocenters. The molecule has 0 bridgehead atoms. The summed E-state index contributed by atoms with van der Waals surface area (Å²) >= 11 is 0. The van der Waals surface area contributed by atoms with Crippen LogP contribution in [-0.4, -0.2) is 4.98 Å². The van der Waals surface area contributed by atoms with Crippen molar-refractivity contribution in [1.82, 2.24) is 4.98 Å². The predicted octanol–water partition coefficient (Wildman–Crippen LogP) is 3.25. The number of hydrogen-bond acceptors (Lipinski definition) is 3. The highest BCUT2D eigenvalue weighted by atomic mass is 14.7. The molecule has 1 aliphatic rings. The molecular weight excluding hydrogens is 222 g/mol. The Kier molecular flexibility index (Phi) is 3.66. The summed E-state index contributed by atoms with van der Waals surface area (Å²) in [7, 11) is 0. The lowest BCUT2D eigenvalue weighted by atomic mass is 9.72. The van der Waals surface area contributed by atoms with Crippen LogP contribution in [0.25, 0.3) is 5.57 Å². The molecule has 1 aromatic heterocycles. The van der Waals surface area contributed by atoms with E-state index in [1.807, 2.05) is 12.1 Å². The average molecular weight is 241 g/mol. The van der Waals surface area contributed by atoms with E-state index in [1.165, 1.54) is 19.3 Å². The normalized spacial score (nSPS) is 19.8. The van der Waals surface area contributed by atoms with E-state index in [0.717, 1.165) is 24.1 Å². The van der Waals surface area contributed by atoms with Gasteiger partial charge in [-0.05, 0) is 18.9 Å². The number of nitriles is 1. The largest absolute Gasteiger partial charge is 0.401 e. The van der Waals surface area contributed by atoms with Crippen LogP contribution in [-0.2, 0) is 0 Å². The number of allylic oxidation sites excluding steroid dienone is 2. The van der Waals surface area contributed by atoms with E-state index in [4.69, 9.17) is 5.73 Å². The molecule has 0 unspecified atom stereocenters. The number of nitrogens with zero attached hydrogens (tertiary/aromatic N) is 2. The van der Waals surface area contributed by atoms with Crippen molar-refractivity contribution in [2.45, 2.75) is 39.0 Å². The molecule has 0 aromatic carbocycles. The van der Waals surface area contributed by atoms with Gasteiger partial charge < -0.3 is 5.73 Å². The number of pyridine rings is 1. The fourth-order valence-corrected chi connectivity index (χ4v) is 2.69. The van der Waals surface area contributed by atoms with Crippen molar-refractivity contribution in [3.05, 3.63) is 35.8 Å². The first-order valence-electron chi connectivity index (χ1n) is 6.48. The van der Waals surface area contributed by atoms with Gasteiger partial charge in [-0.15, -0.1) is 0 Å². The zero-order valence-electron chi connectivity index (χ0n) is 10.8. The average Bonchev–Trinajstić information content (AvgIpc) is 2.41. The van der Waals surface area contributed by atoms with Gasteiger partial charge in [0, 0.05) is 29.1 Å². The van der Waals surface area contributed by atoms with E-state index < -0.39 is 0 Å². The molecule has 3 heteroatoms. The van der Waals surface area contributed by atoms with Crippen LogP contribution in [0.5, 0.6) is 0 Å². The zero-order chi connectivity index (χ0) is 13.0. The third-order valence-corrected chi connectivity index (χ3v) is 3.94. The summed E-state index contributed by atoms with van der Waals surface area (Å²) in [6.45, 7) is 2.18. The van der Waals surface area contributed by atoms with Crippen LogP contribution < -0.4 is 5.73 Å². The van der Waals surface area contributed by atoms with Gasteiger partial charge >= 0.3 is 0 Å². The quantitative estimate of drug-likeness (QED) is 0.808. The smallest absolute Gasteiger partial charge is 0.102 e. The van der Waals surface area contributed by atoms with E-state index in [9.17, 15) is 5.26 Å². The van der Waals surface area contributed by atoms with Crippen LogP contribution in [0.1, 0.15) is 44.6 Å². The van der Waals surface area contributed by atoms with Crippen LogP contribution in [0.2, 0.25) is 0 Å². The van der Waals surface area contributed by atoms with Crippen molar-refractivity contribution in [2.75, 3.05) is 0 Å². The van der Waals surface area contributed by atoms with Gasteiger partial charge in [0.15, 0.2) is 0 Å². The Balaban J connectivity index is 2.41. The summed E-state index contributed by atoms with van der Waals surface area (Å²) in [5.74, 6) is 0. The summed E-state index contributed by atoms with van der Waals surface area (Å²) in [6, 6.07) is 5.99. The molecule has 2 N–H and O–H groups in total. The van der Waals surface area contributed by atoms with Gasteiger partial charge in [0.2, 0.25) is 0 Å². The summed E-state index contributed by atoms with van der Waals surface area (Å²) in [5, 5.41) is 9.38. The second-order valence-electron chi connectivity index (χ2n) is 5.26. The first kappa shape index (κ1) is 12.6. The minimum Gasteiger partial charge on any atom is -0.401 e. The number of hydrogen-bond donors (Lipinski definition) is 1. The predicted molar refractivity (Wildman–Crippen MR) is 72.1 cm³/mol. The second kappa shape index (κ2) is 5.22. The Bertz CT molecular complexity index is 476. The third kappa shape index (κ3) is 2.38. The van der Waals surface area contributed by atoms with Crippen molar-refractivity contribution in [3.63, 3.8) is 0 Å². The molecule has 2 rings (SSSR count). The fourth-order valence-electron chi connectivity index (χ4n) is 2.69. The van der Waals surface area contributed by atoms with E-state index in [-0.39, 0.29) is 5.41 Å². The van der Waals surface area contributed by atoms with E-state index >= 15 is 0 Å². The summed E-state index contributed by atoms with van der Waals surface area (Å²) < 4.78 is 0. The van der Waals surface area contributed by atoms with Crippen molar-refractivity contribution >= 4 is 5.57 Å². The number of nitrogens with two attached hydrogens (primary N) is 1. The SMILES string of the molecule is CC1(/C(N)=C(/C#N)c2cccnc2)CCCCC1. The third-order valence-electron chi connectivity index (χ3n) is 3.94. The first-order valence-corrected chi connectivity index (χ1v) is 6.48. The molecule has 1 saturated carbocycles. The van der Waals surface area contributed by atoms with Crippen LogP contribution in [0.4, 0.5) is 0 Å². The van der Waals surface area contributed by atoms with Crippen molar-refractivity contribution in [3.8, 4) is 6.07 Å². The van der Waals surface area contributed by atoms with Gasteiger partial charge in [0.05, 0.1) is 5.57 Å². The van der Waals surface area contributed by atoms with Crippen LogP contribution in [0.15, 0.2) is 30.2 Å². The maximum Gasteiger partial charge on any atom is 0.102 e. The molecule has 94 valence electrons. The Hall–Kier alpha value is -1.82. The van der Waals surface area contributed by atoms with Crippen LogP contribution in [0.3, 0.4) is 0 Å². The maximum atomic E-state index is 9.38. The van der Waals surface area contributed by atoms with E-state index in [1.54, 1.807) is 12.4 Å². The van der Waals surface area contributed by atoms with Crippen molar-refractivity contribution < 1.29 is 0 Å². The van der Waals surface area contributed by atoms with E-state index in [2.05, 4.69) is 18.0 Å². The highest BCUT2D eigenvalue weighted by Gasteiger charge is 2.31. The van der Waals surface area contributed by atoms with Gasteiger partial charge in [-0.25, -0.2) is 0 Å². The monoisotopic (exact) mass is 241 g/mol. The lowest BCUT2D eigenvalue weighted by Crippen LogP contribution is -2.28. The highest BCUT2D eigenvalue weighted by Crippen LogP contribution is 2.42. The molecule has 0 spiro atoms. The highest BCUT2D eigenvalue weighted by molar-refractivity contribution is 5.79. The Morgan fingerprint density at radius 3 is 2.67 bits per heavy atom. The Morgan fingerprint density at radius 2 is 2.11 bits per heavy atom. The molecule has 0 amide bonds. The second-order valence-corrected chi connectivity index (χ2v) is 5.26. The lowest BCUT2D eigenvalue weighted by Gasteiger charge is -2.34. The summed E-state index contributed by atoms with van der Waals surface area (Å²) in [4.78, 5) is 4.06. The van der Waals surface area contributed by atoms with Gasteiger partial charge in [-0.2, -0.15) is 5.26 Å². The molecule has 1 heterocycles. The molecule has 0 aliphatic heterocycles. The molecule has 3 nitrogen and oxygen atoms in total. The molecule has 18 heavy (non-hydrogen) atoms. The molecule has 1 aliphatic carbocycles. The van der Waals surface area contributed by atoms with Crippen LogP contribution in [0, 0.1) is 16.7 Å².